The summed E-state index contributed by atoms with van der Waals surface area (Å²) < 4.78 is 84.0. The fourth-order valence-electron chi connectivity index (χ4n) is 3.66. The Bertz CT molecular complexity index is 1840. The van der Waals surface area contributed by atoms with Crippen LogP contribution in [-0.4, -0.2) is 24.9 Å². The van der Waals surface area contributed by atoms with Crippen molar-refractivity contribution < 1.29 is 26.3 Å². The molecule has 1 aliphatic carbocycles. The zero-order chi connectivity index (χ0) is 30.1. The molecule has 16 heteroatoms. The lowest BCUT2D eigenvalue weighted by Gasteiger charge is -2.11. The Kier molecular flexibility index (Phi) is 6.98. The van der Waals surface area contributed by atoms with Gasteiger partial charge in [-0.05, 0) is 0 Å². The van der Waals surface area contributed by atoms with Crippen LogP contribution in [0.1, 0.15) is 34.0 Å². The number of rotatable bonds is 3. The van der Waals surface area contributed by atoms with E-state index >= 15 is 4.39 Å². The molecule has 196 valence electrons. The van der Waals surface area contributed by atoms with Crippen LogP contribution in [0.4, 0.5) is 26.3 Å². The number of alkyl halides is 3. The molecule has 3 heterocycles. The highest BCUT2D eigenvalue weighted by atomic mass is 19.4. The molecule has 0 saturated heterocycles. The number of halogens is 6. The van der Waals surface area contributed by atoms with Gasteiger partial charge in [0.25, 0.3) is 0 Å². The molecule has 0 bridgehead atoms. The van der Waals surface area contributed by atoms with Gasteiger partial charge in [-0.3, -0.25) is 0 Å². The first kappa shape index (κ1) is 27.6. The summed E-state index contributed by atoms with van der Waals surface area (Å²) in [6, 6.07) is 8.07. The standard InChI is InChI=1S/C25H4F6N10/c26-21-20(22(27)24(28)41-23(21)25(29,30)31)14(3-34)19-17(12(1-32)10-6-37-15(4-35)38-7-10)18(19)13(2-33)11-8-39-16(5-36)40-9-11/h6-9H/b17-12+,18-13?,19-14+. The normalized spacial score (nSPS) is 15.8. The number of allylic oxidation sites excluding steroid dienone is 6. The van der Waals surface area contributed by atoms with Crippen LogP contribution in [0.2, 0.25) is 0 Å². The zero-order valence-electron chi connectivity index (χ0n) is 19.5. The first-order chi connectivity index (χ1) is 19.5. The summed E-state index contributed by atoms with van der Waals surface area (Å²) >= 11 is 0. The van der Waals surface area contributed by atoms with Crippen molar-refractivity contribution >= 4 is 16.7 Å². The van der Waals surface area contributed by atoms with Gasteiger partial charge in [0.05, 0.1) is 22.3 Å². The van der Waals surface area contributed by atoms with Crippen LogP contribution in [0, 0.1) is 74.2 Å². The largest absolute Gasteiger partial charge is 0.436 e. The molecular formula is C25H4F6N10. The van der Waals surface area contributed by atoms with Crippen LogP contribution in [0.15, 0.2) is 41.5 Å². The Morgan fingerprint density at radius 1 is 0.610 bits per heavy atom. The molecule has 1 fully saturated rings. The van der Waals surface area contributed by atoms with Gasteiger partial charge in [-0.25, -0.2) is 33.7 Å². The molecule has 0 N–H and O–H groups in total. The van der Waals surface area contributed by atoms with Gasteiger partial charge in [-0.15, -0.1) is 0 Å². The molecular weight excluding hydrogens is 554 g/mol. The minimum atomic E-state index is -5.59. The average Bonchev–Trinajstić information content (AvgIpc) is 3.67. The summed E-state index contributed by atoms with van der Waals surface area (Å²) in [6.07, 6.45) is -1.58. The van der Waals surface area contributed by atoms with E-state index in [4.69, 9.17) is 10.5 Å². The molecule has 0 atom stereocenters. The maximum absolute atomic E-state index is 15.0. The molecule has 4 rings (SSSR count). The van der Waals surface area contributed by atoms with Gasteiger partial charge in [0.15, 0.2) is 17.3 Å². The second kappa shape index (κ2) is 10.4. The third kappa shape index (κ3) is 4.79. The highest BCUT2D eigenvalue weighted by molar-refractivity contribution is 6.12. The summed E-state index contributed by atoms with van der Waals surface area (Å²) in [7, 11) is 0. The van der Waals surface area contributed by atoms with E-state index in [1.54, 1.807) is 24.3 Å². The fraction of sp³-hybridized carbons (Fsp3) is 0.0400. The fourth-order valence-corrected chi connectivity index (χ4v) is 3.66. The van der Waals surface area contributed by atoms with Crippen molar-refractivity contribution in [1.29, 1.82) is 26.3 Å². The summed E-state index contributed by atoms with van der Waals surface area (Å²) in [6.45, 7) is 0. The Morgan fingerprint density at radius 2 is 1.00 bits per heavy atom. The van der Waals surface area contributed by atoms with Gasteiger partial charge in [-0.2, -0.15) is 43.9 Å². The summed E-state index contributed by atoms with van der Waals surface area (Å²) in [4.78, 5) is 17.1. The number of nitrogens with zero attached hydrogens (tertiary/aromatic N) is 10. The van der Waals surface area contributed by atoms with Crippen molar-refractivity contribution in [3.8, 4) is 30.3 Å². The Balaban J connectivity index is 2.17. The highest BCUT2D eigenvalue weighted by Gasteiger charge is 2.45. The number of aromatic nitrogens is 5. The first-order valence-electron chi connectivity index (χ1n) is 10.5. The second-order valence-electron chi connectivity index (χ2n) is 7.65. The van der Waals surface area contributed by atoms with E-state index in [1.807, 2.05) is 0 Å². The number of pyridine rings is 1. The highest BCUT2D eigenvalue weighted by Crippen LogP contribution is 2.56. The quantitative estimate of drug-likeness (QED) is 0.258. The van der Waals surface area contributed by atoms with E-state index in [0.29, 0.717) is 0 Å². The lowest BCUT2D eigenvalue weighted by atomic mass is 10.0. The van der Waals surface area contributed by atoms with Gasteiger partial charge in [-0.1, -0.05) is 0 Å². The third-order valence-corrected chi connectivity index (χ3v) is 5.41. The number of hydrogen-bond donors (Lipinski definition) is 0. The van der Waals surface area contributed by atoms with E-state index in [9.17, 15) is 37.7 Å². The smallest absolute Gasteiger partial charge is 0.227 e. The number of hydrogen-bond acceptors (Lipinski definition) is 10. The van der Waals surface area contributed by atoms with Crippen LogP contribution in [-0.2, 0) is 6.18 Å². The SMILES string of the molecule is N#CC(=C1C(=C(/C#N)c2cnc(C#N)nc2)/C1=C(/C#N)c1c(F)c(F)nc(C(F)(F)F)c1F)c1cnc(C#N)nc1. The van der Waals surface area contributed by atoms with Crippen molar-refractivity contribution in [3.63, 3.8) is 0 Å². The number of nitriles is 5. The molecule has 3 aromatic rings. The molecule has 3 aromatic heterocycles. The zero-order valence-corrected chi connectivity index (χ0v) is 19.5. The molecule has 0 amide bonds. The van der Waals surface area contributed by atoms with Crippen LogP contribution in [0.25, 0.3) is 16.7 Å². The monoisotopic (exact) mass is 558 g/mol. The van der Waals surface area contributed by atoms with Crippen LogP contribution in [0.5, 0.6) is 0 Å². The lowest BCUT2D eigenvalue weighted by molar-refractivity contribution is -0.144. The third-order valence-electron chi connectivity index (χ3n) is 5.41. The van der Waals surface area contributed by atoms with E-state index in [0.717, 1.165) is 24.8 Å². The van der Waals surface area contributed by atoms with Crippen molar-refractivity contribution in [1.82, 2.24) is 24.9 Å². The van der Waals surface area contributed by atoms with E-state index in [1.165, 1.54) is 6.07 Å². The molecule has 1 saturated carbocycles. The van der Waals surface area contributed by atoms with E-state index < -0.39 is 57.3 Å². The van der Waals surface area contributed by atoms with Crippen LogP contribution in [0.3, 0.4) is 0 Å². The molecule has 0 aromatic carbocycles. The van der Waals surface area contributed by atoms with Crippen LogP contribution < -0.4 is 0 Å². The van der Waals surface area contributed by atoms with Gasteiger partial charge in [0.1, 0.15) is 30.3 Å². The Labute approximate surface area is 224 Å². The summed E-state index contributed by atoms with van der Waals surface area (Å²) in [5.41, 5.74) is -7.70. The molecule has 1 aliphatic rings. The van der Waals surface area contributed by atoms with Gasteiger partial charge in [0, 0.05) is 52.6 Å². The topological polar surface area (TPSA) is 183 Å². The van der Waals surface area contributed by atoms with E-state index in [-0.39, 0.29) is 33.9 Å². The minimum absolute atomic E-state index is 0.113. The van der Waals surface area contributed by atoms with Crippen molar-refractivity contribution in [2.75, 3.05) is 0 Å². The summed E-state index contributed by atoms with van der Waals surface area (Å²) in [5.74, 6) is -7.61. The average molecular weight is 558 g/mol. The molecule has 41 heavy (non-hydrogen) atoms. The maximum Gasteiger partial charge on any atom is 0.436 e. The molecule has 0 spiro atoms. The van der Waals surface area contributed by atoms with Crippen molar-refractivity contribution in [2.45, 2.75) is 6.18 Å². The van der Waals surface area contributed by atoms with Gasteiger partial charge in [0.2, 0.25) is 17.6 Å². The maximum atomic E-state index is 15.0. The second-order valence-corrected chi connectivity index (χ2v) is 7.65. The van der Waals surface area contributed by atoms with Crippen molar-refractivity contribution in [2.24, 2.45) is 0 Å². The predicted octanol–water partition coefficient (Wildman–Crippen LogP) is 4.09. The van der Waals surface area contributed by atoms with Gasteiger partial charge < -0.3 is 0 Å². The molecule has 0 radical (unpaired) electrons. The molecule has 0 aliphatic heterocycles. The Morgan fingerprint density at radius 3 is 1.34 bits per heavy atom. The molecule has 0 unspecified atom stereocenters. The van der Waals surface area contributed by atoms with Gasteiger partial charge >= 0.3 is 6.18 Å². The van der Waals surface area contributed by atoms with Crippen LogP contribution >= 0.6 is 0 Å². The molecule has 10 nitrogen and oxygen atoms in total. The summed E-state index contributed by atoms with van der Waals surface area (Å²) in [5, 5.41) is 47.5. The van der Waals surface area contributed by atoms with Crippen molar-refractivity contribution in [3.05, 3.63) is 93.1 Å². The Hall–Kier alpha value is -6.44. The minimum Gasteiger partial charge on any atom is -0.227 e. The first-order valence-corrected chi connectivity index (χ1v) is 10.5. The predicted molar refractivity (Wildman–Crippen MR) is 120 cm³/mol. The lowest BCUT2D eigenvalue weighted by Crippen LogP contribution is -2.16. The van der Waals surface area contributed by atoms with E-state index in [2.05, 4.69) is 24.9 Å².